The van der Waals surface area contributed by atoms with Gasteiger partial charge in [-0.2, -0.15) is 8.42 Å². The standard InChI is InChI=1S/C11H7BrClF4NO4S/c12-5-1-7(13)10(8(2-5)22-11(14,15)16)18-4-6(3-9(18)19)23(17,20)21/h1-2,6H,3-4H2. The summed E-state index contributed by atoms with van der Waals surface area (Å²) in [6, 6.07) is 2.12. The first-order chi connectivity index (χ1) is 10.4. The van der Waals surface area contributed by atoms with Gasteiger partial charge in [0, 0.05) is 17.4 Å². The van der Waals surface area contributed by atoms with Gasteiger partial charge in [0.15, 0.2) is 5.75 Å². The van der Waals surface area contributed by atoms with Crippen molar-refractivity contribution >= 4 is 49.3 Å². The van der Waals surface area contributed by atoms with E-state index in [0.717, 1.165) is 6.07 Å². The third kappa shape index (κ3) is 4.27. The number of hydrogen-bond donors (Lipinski definition) is 0. The number of hydrogen-bond acceptors (Lipinski definition) is 4. The maximum Gasteiger partial charge on any atom is 0.573 e. The monoisotopic (exact) mass is 439 g/mol. The van der Waals surface area contributed by atoms with E-state index in [4.69, 9.17) is 11.6 Å². The second-order valence-corrected chi connectivity index (χ2v) is 7.53. The number of nitrogens with zero attached hydrogens (tertiary/aromatic N) is 1. The van der Waals surface area contributed by atoms with Gasteiger partial charge in [-0.25, -0.2) is 0 Å². The van der Waals surface area contributed by atoms with E-state index in [0.29, 0.717) is 4.90 Å². The van der Waals surface area contributed by atoms with Crippen molar-refractivity contribution in [3.05, 3.63) is 21.6 Å². The van der Waals surface area contributed by atoms with E-state index in [1.54, 1.807) is 0 Å². The van der Waals surface area contributed by atoms with Crippen LogP contribution < -0.4 is 9.64 Å². The number of amides is 1. The Morgan fingerprint density at radius 1 is 1.35 bits per heavy atom. The van der Waals surface area contributed by atoms with Crippen LogP contribution in [0.2, 0.25) is 5.02 Å². The number of carbonyl (C=O) groups is 1. The fraction of sp³-hybridized carbons (Fsp3) is 0.364. The number of ether oxygens (including phenoxy) is 1. The van der Waals surface area contributed by atoms with Crippen LogP contribution in [0.3, 0.4) is 0 Å². The highest BCUT2D eigenvalue weighted by Gasteiger charge is 2.42. The Hall–Kier alpha value is -1.07. The van der Waals surface area contributed by atoms with Crippen LogP contribution in [0.25, 0.3) is 0 Å². The molecule has 1 aliphatic heterocycles. The van der Waals surface area contributed by atoms with Crippen LogP contribution in [0, 0.1) is 0 Å². The molecule has 1 aromatic carbocycles. The molecule has 1 atom stereocenters. The summed E-state index contributed by atoms with van der Waals surface area (Å²) < 4.78 is 76.3. The van der Waals surface area contributed by atoms with E-state index < -0.39 is 52.1 Å². The average molecular weight is 441 g/mol. The highest BCUT2D eigenvalue weighted by Crippen LogP contribution is 2.43. The van der Waals surface area contributed by atoms with Gasteiger partial charge in [0.2, 0.25) is 5.91 Å². The van der Waals surface area contributed by atoms with Crippen LogP contribution in [0.4, 0.5) is 22.7 Å². The minimum Gasteiger partial charge on any atom is -0.403 e. The maximum absolute atomic E-state index is 13.0. The number of halogens is 6. The molecular formula is C11H7BrClF4NO4S. The molecule has 1 fully saturated rings. The van der Waals surface area contributed by atoms with Crippen molar-refractivity contribution in [1.82, 2.24) is 0 Å². The Labute approximate surface area is 141 Å². The molecule has 5 nitrogen and oxygen atoms in total. The fourth-order valence-electron chi connectivity index (χ4n) is 2.09. The van der Waals surface area contributed by atoms with Crippen LogP contribution in [0.15, 0.2) is 16.6 Å². The van der Waals surface area contributed by atoms with Crippen molar-refractivity contribution in [2.45, 2.75) is 18.0 Å². The largest absolute Gasteiger partial charge is 0.573 e. The van der Waals surface area contributed by atoms with Gasteiger partial charge in [-0.15, -0.1) is 17.1 Å². The lowest BCUT2D eigenvalue weighted by atomic mass is 10.2. The van der Waals surface area contributed by atoms with Crippen LogP contribution in [0.5, 0.6) is 5.75 Å². The molecule has 12 heteroatoms. The van der Waals surface area contributed by atoms with Crippen LogP contribution in [0.1, 0.15) is 6.42 Å². The number of rotatable bonds is 3. The zero-order chi connectivity index (χ0) is 17.6. The van der Waals surface area contributed by atoms with Gasteiger partial charge in [-0.05, 0) is 12.1 Å². The Bertz CT molecular complexity index is 755. The first kappa shape index (κ1) is 18.3. The predicted octanol–water partition coefficient (Wildman–Crippen LogP) is 3.41. The summed E-state index contributed by atoms with van der Waals surface area (Å²) in [4.78, 5) is 12.5. The van der Waals surface area contributed by atoms with Gasteiger partial charge in [-0.1, -0.05) is 27.5 Å². The quantitative estimate of drug-likeness (QED) is 0.534. The minimum absolute atomic E-state index is 0.145. The molecule has 1 aliphatic rings. The summed E-state index contributed by atoms with van der Waals surface area (Å²) in [6.45, 7) is -0.659. The van der Waals surface area contributed by atoms with E-state index in [-0.39, 0.29) is 9.50 Å². The zero-order valence-corrected chi connectivity index (χ0v) is 14.1. The van der Waals surface area contributed by atoms with Crippen molar-refractivity contribution in [3.8, 4) is 5.75 Å². The highest BCUT2D eigenvalue weighted by molar-refractivity contribution is 9.10. The fourth-order valence-corrected chi connectivity index (χ4v) is 3.64. The van der Waals surface area contributed by atoms with Gasteiger partial charge in [0.1, 0.15) is 10.9 Å². The molecule has 2 rings (SSSR count). The molecular weight excluding hydrogens is 434 g/mol. The smallest absolute Gasteiger partial charge is 0.403 e. The van der Waals surface area contributed by atoms with Crippen molar-refractivity contribution in [3.63, 3.8) is 0 Å². The topological polar surface area (TPSA) is 63.7 Å². The van der Waals surface area contributed by atoms with E-state index >= 15 is 0 Å². The molecule has 1 saturated heterocycles. The van der Waals surface area contributed by atoms with Gasteiger partial charge >= 0.3 is 16.6 Å². The average Bonchev–Trinajstić information content (AvgIpc) is 2.68. The van der Waals surface area contributed by atoms with E-state index in [1.807, 2.05) is 0 Å². The number of benzene rings is 1. The molecule has 1 aromatic rings. The van der Waals surface area contributed by atoms with Gasteiger partial charge in [0.25, 0.3) is 0 Å². The first-order valence-corrected chi connectivity index (χ1v) is 8.49. The summed E-state index contributed by atoms with van der Waals surface area (Å²) in [7, 11) is -5.02. The summed E-state index contributed by atoms with van der Waals surface area (Å²) in [5.41, 5.74) is -0.469. The zero-order valence-electron chi connectivity index (χ0n) is 10.9. The molecule has 23 heavy (non-hydrogen) atoms. The van der Waals surface area contributed by atoms with Crippen molar-refractivity contribution in [1.29, 1.82) is 0 Å². The van der Waals surface area contributed by atoms with E-state index in [9.17, 15) is 30.3 Å². The lowest BCUT2D eigenvalue weighted by molar-refractivity contribution is -0.274. The second kappa shape index (κ2) is 6.10. The highest BCUT2D eigenvalue weighted by atomic mass is 79.9. The number of alkyl halides is 3. The summed E-state index contributed by atoms with van der Waals surface area (Å²) in [6.07, 6.45) is -5.76. The normalized spacial score (nSPS) is 19.3. The predicted molar refractivity (Wildman–Crippen MR) is 76.6 cm³/mol. The molecule has 1 amide bonds. The molecule has 0 radical (unpaired) electrons. The Kier molecular flexibility index (Phi) is 4.84. The summed E-state index contributed by atoms with van der Waals surface area (Å²) in [5.74, 6) is -1.69. The molecule has 1 heterocycles. The van der Waals surface area contributed by atoms with Crippen LogP contribution in [-0.2, 0) is 15.0 Å². The molecule has 128 valence electrons. The Morgan fingerprint density at radius 3 is 2.43 bits per heavy atom. The summed E-state index contributed by atoms with van der Waals surface area (Å²) >= 11 is 8.79. The van der Waals surface area contributed by atoms with Crippen molar-refractivity contribution < 1.29 is 35.0 Å². The lowest BCUT2D eigenvalue weighted by Crippen LogP contribution is -2.29. The second-order valence-electron chi connectivity index (χ2n) is 4.59. The first-order valence-electron chi connectivity index (χ1n) is 5.87. The van der Waals surface area contributed by atoms with E-state index in [1.165, 1.54) is 6.07 Å². The van der Waals surface area contributed by atoms with Crippen LogP contribution in [-0.4, -0.2) is 32.5 Å². The molecule has 0 saturated carbocycles. The van der Waals surface area contributed by atoms with Gasteiger partial charge in [0.05, 0.1) is 5.02 Å². The molecule has 0 spiro atoms. The molecule has 0 N–H and O–H groups in total. The molecule has 0 bridgehead atoms. The Morgan fingerprint density at radius 2 is 1.96 bits per heavy atom. The van der Waals surface area contributed by atoms with Gasteiger partial charge < -0.3 is 9.64 Å². The number of anilines is 1. The van der Waals surface area contributed by atoms with Gasteiger partial charge in [-0.3, -0.25) is 4.79 Å². The number of carbonyl (C=O) groups excluding carboxylic acids is 1. The Balaban J connectivity index is 2.49. The molecule has 0 aromatic heterocycles. The third-order valence-corrected chi connectivity index (χ3v) is 4.83. The molecule has 1 unspecified atom stereocenters. The van der Waals surface area contributed by atoms with Crippen LogP contribution >= 0.6 is 27.5 Å². The molecule has 0 aliphatic carbocycles. The van der Waals surface area contributed by atoms with Crippen molar-refractivity contribution in [2.75, 3.05) is 11.4 Å². The minimum atomic E-state index is -5.06. The van der Waals surface area contributed by atoms with E-state index in [2.05, 4.69) is 20.7 Å². The summed E-state index contributed by atoms with van der Waals surface area (Å²) in [5, 5.41) is -1.96. The SMILES string of the molecule is O=C1CC(S(=O)(=O)F)CN1c1c(Cl)cc(Br)cc1OC(F)(F)F. The maximum atomic E-state index is 13.0. The third-order valence-electron chi connectivity index (χ3n) is 2.98. The van der Waals surface area contributed by atoms with Crippen molar-refractivity contribution in [2.24, 2.45) is 0 Å². The lowest BCUT2D eigenvalue weighted by Gasteiger charge is -2.22.